The van der Waals surface area contributed by atoms with Crippen molar-refractivity contribution in [3.63, 3.8) is 0 Å². The van der Waals surface area contributed by atoms with E-state index >= 15 is 0 Å². The van der Waals surface area contributed by atoms with Gasteiger partial charge in [0.2, 0.25) is 0 Å². The van der Waals surface area contributed by atoms with Crippen LogP contribution in [-0.4, -0.2) is 46.9 Å². The van der Waals surface area contributed by atoms with Crippen LogP contribution in [0.1, 0.15) is 29.2 Å². The number of ether oxygens (including phenoxy) is 2. The summed E-state index contributed by atoms with van der Waals surface area (Å²) in [6, 6.07) is 19.7. The van der Waals surface area contributed by atoms with Gasteiger partial charge < -0.3 is 14.4 Å². The topological polar surface area (TPSA) is 71.4 Å². The van der Waals surface area contributed by atoms with Crippen LogP contribution in [0.4, 0.5) is 5.69 Å². The molecule has 0 fully saturated rings. The van der Waals surface area contributed by atoms with Gasteiger partial charge in [0.05, 0.1) is 30.9 Å². The second kappa shape index (κ2) is 9.38. The smallest absolute Gasteiger partial charge is 0.279 e. The average Bonchev–Trinajstić information content (AvgIpc) is 3.30. The molecule has 0 bridgehead atoms. The van der Waals surface area contributed by atoms with E-state index in [1.165, 1.54) is 4.41 Å². The summed E-state index contributed by atoms with van der Waals surface area (Å²) in [7, 11) is 3.20. The van der Waals surface area contributed by atoms with Crippen LogP contribution < -0.4 is 14.4 Å². The molecule has 4 rings (SSSR count). The molecule has 3 aromatic carbocycles. The largest absolute Gasteiger partial charge is 0.493 e. The number of nitrogens with zero attached hydrogens (tertiary/aromatic N) is 3. The van der Waals surface area contributed by atoms with Crippen molar-refractivity contribution in [3.8, 4) is 11.5 Å². The SMILES string of the molecule is COc1ccc([C@@H]2CC(c3ccc(N(C)C)cc3)=NN2S(=O)(=O)c2ccc(C)cc2)cc1OC. The van der Waals surface area contributed by atoms with Crippen LogP contribution in [0.15, 0.2) is 76.7 Å². The molecule has 1 aliphatic rings. The first kappa shape index (κ1) is 23.6. The molecule has 0 unspecified atom stereocenters. The van der Waals surface area contributed by atoms with Gasteiger partial charge in [0.25, 0.3) is 10.0 Å². The van der Waals surface area contributed by atoms with Crippen molar-refractivity contribution in [2.75, 3.05) is 33.2 Å². The van der Waals surface area contributed by atoms with Crippen LogP contribution in [0.2, 0.25) is 0 Å². The van der Waals surface area contributed by atoms with E-state index in [0.717, 1.165) is 22.4 Å². The molecule has 0 saturated heterocycles. The van der Waals surface area contributed by atoms with E-state index in [0.29, 0.717) is 23.6 Å². The van der Waals surface area contributed by atoms with E-state index < -0.39 is 16.1 Å². The van der Waals surface area contributed by atoms with Crippen molar-refractivity contribution >= 4 is 21.4 Å². The number of aryl methyl sites for hydroxylation is 1. The summed E-state index contributed by atoms with van der Waals surface area (Å²) in [6.45, 7) is 1.92. The summed E-state index contributed by atoms with van der Waals surface area (Å²) in [6.07, 6.45) is 0.432. The number of hydrogen-bond acceptors (Lipinski definition) is 6. The van der Waals surface area contributed by atoms with Crippen LogP contribution in [0.3, 0.4) is 0 Å². The van der Waals surface area contributed by atoms with E-state index in [1.54, 1.807) is 44.6 Å². The monoisotopic (exact) mass is 479 g/mol. The predicted octanol–water partition coefficient (Wildman–Crippen LogP) is 4.62. The van der Waals surface area contributed by atoms with Crippen molar-refractivity contribution in [3.05, 3.63) is 83.4 Å². The maximum atomic E-state index is 13.7. The van der Waals surface area contributed by atoms with Gasteiger partial charge in [0, 0.05) is 26.2 Å². The third kappa shape index (κ3) is 4.46. The zero-order chi connectivity index (χ0) is 24.5. The molecule has 0 amide bonds. The van der Waals surface area contributed by atoms with Crippen molar-refractivity contribution < 1.29 is 17.9 Å². The Bertz CT molecular complexity index is 1300. The molecule has 178 valence electrons. The maximum Gasteiger partial charge on any atom is 0.279 e. The Labute approximate surface area is 201 Å². The first-order valence-electron chi connectivity index (χ1n) is 10.9. The fraction of sp³-hybridized carbons (Fsp3) is 0.269. The van der Waals surface area contributed by atoms with Crippen LogP contribution in [0.25, 0.3) is 0 Å². The normalized spacial score (nSPS) is 15.7. The third-order valence-electron chi connectivity index (χ3n) is 5.95. The quantitative estimate of drug-likeness (QED) is 0.495. The molecule has 1 heterocycles. The van der Waals surface area contributed by atoms with Gasteiger partial charge in [-0.3, -0.25) is 0 Å². The second-order valence-electron chi connectivity index (χ2n) is 8.41. The van der Waals surface area contributed by atoms with Crippen LogP contribution in [0, 0.1) is 6.92 Å². The zero-order valence-corrected chi connectivity index (χ0v) is 20.8. The number of hydrogen-bond donors (Lipinski definition) is 0. The van der Waals surface area contributed by atoms with Crippen molar-refractivity contribution in [2.45, 2.75) is 24.3 Å². The standard InChI is InChI=1S/C26H29N3O4S/c1-18-6-13-22(14-7-18)34(30,31)29-24(20-10-15-25(32-4)26(16-20)33-5)17-23(27-29)19-8-11-21(12-9-19)28(2)3/h6-16,24H,17H2,1-5H3/t24-/m0/s1. The molecule has 0 N–H and O–H groups in total. The van der Waals surface area contributed by atoms with E-state index in [9.17, 15) is 8.42 Å². The lowest BCUT2D eigenvalue weighted by Gasteiger charge is -2.24. The Hall–Kier alpha value is -3.52. The summed E-state index contributed by atoms with van der Waals surface area (Å²) >= 11 is 0. The fourth-order valence-corrected chi connectivity index (χ4v) is 5.40. The van der Waals surface area contributed by atoms with E-state index in [-0.39, 0.29) is 4.90 Å². The molecule has 34 heavy (non-hydrogen) atoms. The van der Waals surface area contributed by atoms with E-state index in [1.807, 2.05) is 62.3 Å². The lowest BCUT2D eigenvalue weighted by atomic mass is 9.98. The molecule has 3 aromatic rings. The highest BCUT2D eigenvalue weighted by molar-refractivity contribution is 7.89. The number of methoxy groups -OCH3 is 2. The Morgan fingerprint density at radius 3 is 2.15 bits per heavy atom. The Morgan fingerprint density at radius 2 is 1.56 bits per heavy atom. The molecule has 0 aliphatic carbocycles. The van der Waals surface area contributed by atoms with Gasteiger partial charge >= 0.3 is 0 Å². The lowest BCUT2D eigenvalue weighted by molar-refractivity contribution is 0.348. The van der Waals surface area contributed by atoms with Gasteiger partial charge in [0.1, 0.15) is 0 Å². The Balaban J connectivity index is 1.79. The number of benzene rings is 3. The highest BCUT2D eigenvalue weighted by Gasteiger charge is 2.38. The average molecular weight is 480 g/mol. The molecule has 7 nitrogen and oxygen atoms in total. The number of sulfonamides is 1. The minimum atomic E-state index is -3.89. The van der Waals surface area contributed by atoms with Gasteiger partial charge in [-0.05, 0) is 54.4 Å². The molecule has 0 radical (unpaired) electrons. The van der Waals surface area contributed by atoms with Crippen molar-refractivity contribution in [1.82, 2.24) is 4.41 Å². The molecular weight excluding hydrogens is 450 g/mol. The first-order valence-corrected chi connectivity index (χ1v) is 12.4. The minimum Gasteiger partial charge on any atom is -0.493 e. The third-order valence-corrected chi connectivity index (χ3v) is 7.64. The van der Waals surface area contributed by atoms with E-state index in [4.69, 9.17) is 9.47 Å². The minimum absolute atomic E-state index is 0.205. The fourth-order valence-electron chi connectivity index (χ4n) is 3.96. The van der Waals surface area contributed by atoms with Gasteiger partial charge in [-0.1, -0.05) is 35.9 Å². The molecule has 0 saturated carbocycles. The van der Waals surface area contributed by atoms with Crippen molar-refractivity contribution in [1.29, 1.82) is 0 Å². The summed E-state index contributed by atoms with van der Waals surface area (Å²) in [5, 5.41) is 4.64. The predicted molar refractivity (Wildman–Crippen MR) is 134 cm³/mol. The summed E-state index contributed by atoms with van der Waals surface area (Å²) < 4.78 is 39.4. The molecule has 1 atom stereocenters. The summed E-state index contributed by atoms with van der Waals surface area (Å²) in [5.41, 5.74) is 4.42. The highest BCUT2D eigenvalue weighted by Crippen LogP contribution is 2.40. The summed E-state index contributed by atoms with van der Waals surface area (Å²) in [4.78, 5) is 2.22. The van der Waals surface area contributed by atoms with Gasteiger partial charge in [-0.2, -0.15) is 17.9 Å². The molecular formula is C26H29N3O4S. The Morgan fingerprint density at radius 1 is 0.912 bits per heavy atom. The van der Waals surface area contributed by atoms with Crippen LogP contribution in [0.5, 0.6) is 11.5 Å². The highest BCUT2D eigenvalue weighted by atomic mass is 32.2. The van der Waals surface area contributed by atoms with Gasteiger partial charge in [0.15, 0.2) is 11.5 Å². The molecule has 1 aliphatic heterocycles. The first-order chi connectivity index (χ1) is 16.2. The number of hydrazone groups is 1. The molecule has 0 aromatic heterocycles. The number of rotatable bonds is 7. The van der Waals surface area contributed by atoms with Crippen molar-refractivity contribution in [2.24, 2.45) is 5.10 Å². The second-order valence-corrected chi connectivity index (χ2v) is 10.2. The Kier molecular flexibility index (Phi) is 6.52. The zero-order valence-electron chi connectivity index (χ0n) is 20.0. The lowest BCUT2D eigenvalue weighted by Crippen LogP contribution is -2.27. The molecule has 0 spiro atoms. The van der Waals surface area contributed by atoms with Crippen LogP contribution in [-0.2, 0) is 10.0 Å². The van der Waals surface area contributed by atoms with E-state index in [2.05, 4.69) is 5.10 Å². The summed E-state index contributed by atoms with van der Waals surface area (Å²) in [5.74, 6) is 1.12. The van der Waals surface area contributed by atoms with Gasteiger partial charge in [-0.15, -0.1) is 0 Å². The van der Waals surface area contributed by atoms with Gasteiger partial charge in [-0.25, -0.2) is 0 Å². The number of anilines is 1. The van der Waals surface area contributed by atoms with Crippen LogP contribution >= 0.6 is 0 Å². The molecule has 8 heteroatoms. The maximum absolute atomic E-state index is 13.7.